The van der Waals surface area contributed by atoms with Gasteiger partial charge in [-0.05, 0) is 31.4 Å². The molecule has 1 rings (SSSR count). The zero-order valence-electron chi connectivity index (χ0n) is 12.5. The molecule has 3 nitrogen and oxygen atoms in total. The summed E-state index contributed by atoms with van der Waals surface area (Å²) in [4.78, 5) is 11.1. The van der Waals surface area contributed by atoms with E-state index in [9.17, 15) is 15.0 Å². The summed E-state index contributed by atoms with van der Waals surface area (Å²) in [6.45, 7) is 7.81. The molecule has 0 heterocycles. The van der Waals surface area contributed by atoms with Crippen molar-refractivity contribution in [3.63, 3.8) is 0 Å². The van der Waals surface area contributed by atoms with Crippen LogP contribution < -0.4 is 0 Å². The number of carbonyl (C=O) groups is 1. The summed E-state index contributed by atoms with van der Waals surface area (Å²) in [5.41, 5.74) is 2.11. The van der Waals surface area contributed by atoms with Crippen molar-refractivity contribution in [3.8, 4) is 11.5 Å². The Morgan fingerprint density at radius 1 is 1.40 bits per heavy atom. The molecule has 0 aliphatic heterocycles. The number of aromatic hydroxyl groups is 2. The Labute approximate surface area is 120 Å². The van der Waals surface area contributed by atoms with Crippen LogP contribution >= 0.6 is 0 Å². The van der Waals surface area contributed by atoms with Gasteiger partial charge in [0.1, 0.15) is 11.5 Å². The molecule has 20 heavy (non-hydrogen) atoms. The second-order valence-electron chi connectivity index (χ2n) is 5.12. The lowest BCUT2D eigenvalue weighted by Gasteiger charge is -2.08. The molecule has 0 saturated carbocycles. The van der Waals surface area contributed by atoms with E-state index < -0.39 is 0 Å². The molecule has 0 amide bonds. The fraction of sp³-hybridized carbons (Fsp3) is 0.353. The molecule has 0 aliphatic carbocycles. The molecule has 0 radical (unpaired) electrons. The van der Waals surface area contributed by atoms with Crippen molar-refractivity contribution in [3.05, 3.63) is 40.5 Å². The van der Waals surface area contributed by atoms with Crippen molar-refractivity contribution in [1.82, 2.24) is 0 Å². The number of phenolic OH excluding ortho intramolecular Hbond substituents is 2. The monoisotopic (exact) mass is 274 g/mol. The summed E-state index contributed by atoms with van der Waals surface area (Å²) < 4.78 is 0. The molecule has 0 saturated heterocycles. The molecule has 0 spiro atoms. The smallest absolute Gasteiger partial charge is 0.154 e. The Morgan fingerprint density at radius 3 is 2.60 bits per heavy atom. The van der Waals surface area contributed by atoms with Crippen LogP contribution in [0.3, 0.4) is 0 Å². The van der Waals surface area contributed by atoms with Gasteiger partial charge in [0.15, 0.2) is 6.29 Å². The van der Waals surface area contributed by atoms with Crippen molar-refractivity contribution < 1.29 is 15.0 Å². The first-order chi connectivity index (χ1) is 9.40. The molecule has 2 N–H and O–H groups in total. The number of hydrogen-bond acceptors (Lipinski definition) is 3. The molecule has 108 valence electrons. The van der Waals surface area contributed by atoms with Crippen molar-refractivity contribution in [2.75, 3.05) is 0 Å². The van der Waals surface area contributed by atoms with Crippen LogP contribution in [0.15, 0.2) is 23.8 Å². The molecular weight excluding hydrogens is 252 g/mol. The standard InChI is InChI=1S/C17H22O3/c1-5-11(2)8-12(3)6-7-14-9-16(19)13(4)17(20)15(14)10-18/h6-11,19-20H,5H2,1-4H3/t11-/m1/s1. The topological polar surface area (TPSA) is 57.5 Å². The van der Waals surface area contributed by atoms with E-state index in [1.54, 1.807) is 13.0 Å². The van der Waals surface area contributed by atoms with Crippen LogP contribution in [0.5, 0.6) is 11.5 Å². The average molecular weight is 274 g/mol. The number of benzene rings is 1. The normalized spacial score (nSPS) is 13.7. The van der Waals surface area contributed by atoms with E-state index in [0.717, 1.165) is 12.0 Å². The first kappa shape index (κ1) is 16.0. The first-order valence-corrected chi connectivity index (χ1v) is 6.77. The molecule has 1 aromatic carbocycles. The Balaban J connectivity index is 3.16. The van der Waals surface area contributed by atoms with Gasteiger partial charge < -0.3 is 10.2 Å². The van der Waals surface area contributed by atoms with Crippen molar-refractivity contribution in [1.29, 1.82) is 0 Å². The van der Waals surface area contributed by atoms with Gasteiger partial charge in [0, 0.05) is 5.56 Å². The maximum atomic E-state index is 11.1. The van der Waals surface area contributed by atoms with Crippen LogP contribution in [0, 0.1) is 12.8 Å². The van der Waals surface area contributed by atoms with Gasteiger partial charge in [-0.15, -0.1) is 0 Å². The van der Waals surface area contributed by atoms with Crippen LogP contribution in [0.2, 0.25) is 0 Å². The van der Waals surface area contributed by atoms with E-state index in [0.29, 0.717) is 23.3 Å². The molecular formula is C17H22O3. The summed E-state index contributed by atoms with van der Waals surface area (Å²) in [7, 11) is 0. The van der Waals surface area contributed by atoms with Gasteiger partial charge >= 0.3 is 0 Å². The largest absolute Gasteiger partial charge is 0.508 e. The molecule has 3 heteroatoms. The molecule has 0 bridgehead atoms. The second kappa shape index (κ2) is 6.94. The molecule has 0 aliphatic rings. The summed E-state index contributed by atoms with van der Waals surface area (Å²) in [6.07, 6.45) is 7.43. The van der Waals surface area contributed by atoms with Crippen LogP contribution in [0.4, 0.5) is 0 Å². The number of allylic oxidation sites excluding steroid dienone is 3. The van der Waals surface area contributed by atoms with Gasteiger partial charge in [0.2, 0.25) is 0 Å². The minimum Gasteiger partial charge on any atom is -0.508 e. The van der Waals surface area contributed by atoms with Crippen molar-refractivity contribution in [2.24, 2.45) is 5.92 Å². The van der Waals surface area contributed by atoms with E-state index in [1.165, 1.54) is 6.07 Å². The van der Waals surface area contributed by atoms with Gasteiger partial charge in [-0.2, -0.15) is 0 Å². The number of hydrogen-bond donors (Lipinski definition) is 2. The molecule has 0 aromatic heterocycles. The third-order valence-corrected chi connectivity index (χ3v) is 3.43. The highest BCUT2D eigenvalue weighted by molar-refractivity contribution is 5.87. The van der Waals surface area contributed by atoms with E-state index in [4.69, 9.17) is 0 Å². The van der Waals surface area contributed by atoms with E-state index in [2.05, 4.69) is 19.9 Å². The maximum absolute atomic E-state index is 11.1. The minimum absolute atomic E-state index is 0.0173. The van der Waals surface area contributed by atoms with Gasteiger partial charge in [0.25, 0.3) is 0 Å². The highest BCUT2D eigenvalue weighted by Crippen LogP contribution is 2.32. The lowest BCUT2D eigenvalue weighted by Crippen LogP contribution is -1.91. The second-order valence-corrected chi connectivity index (χ2v) is 5.12. The number of aldehydes is 1. The lowest BCUT2D eigenvalue weighted by atomic mass is 10.0. The van der Waals surface area contributed by atoms with E-state index >= 15 is 0 Å². The Kier molecular flexibility index (Phi) is 5.56. The van der Waals surface area contributed by atoms with Gasteiger partial charge in [-0.1, -0.05) is 44.1 Å². The Hall–Kier alpha value is -2.03. The summed E-state index contributed by atoms with van der Waals surface area (Å²) in [6, 6.07) is 1.49. The predicted octanol–water partition coefficient (Wildman–Crippen LogP) is 4.22. The first-order valence-electron chi connectivity index (χ1n) is 6.77. The number of phenols is 2. The Bertz CT molecular complexity index is 554. The van der Waals surface area contributed by atoms with Gasteiger partial charge in [-0.25, -0.2) is 0 Å². The average Bonchev–Trinajstić information content (AvgIpc) is 2.42. The predicted molar refractivity (Wildman–Crippen MR) is 82.1 cm³/mol. The summed E-state index contributed by atoms with van der Waals surface area (Å²) >= 11 is 0. The van der Waals surface area contributed by atoms with E-state index in [1.807, 2.05) is 13.0 Å². The number of rotatable bonds is 5. The zero-order valence-corrected chi connectivity index (χ0v) is 12.5. The van der Waals surface area contributed by atoms with Crippen LogP contribution in [-0.2, 0) is 0 Å². The van der Waals surface area contributed by atoms with Crippen LogP contribution in [0.25, 0.3) is 6.08 Å². The highest BCUT2D eigenvalue weighted by atomic mass is 16.3. The van der Waals surface area contributed by atoms with E-state index in [-0.39, 0.29) is 17.1 Å². The fourth-order valence-corrected chi connectivity index (χ4v) is 1.90. The van der Waals surface area contributed by atoms with Gasteiger partial charge in [0.05, 0.1) is 5.56 Å². The van der Waals surface area contributed by atoms with Crippen molar-refractivity contribution >= 4 is 12.4 Å². The summed E-state index contributed by atoms with van der Waals surface area (Å²) in [5.74, 6) is 0.310. The minimum atomic E-state index is -0.164. The SMILES string of the molecule is CC[C@@H](C)C=C(C)C=Cc1cc(O)c(C)c(O)c1C=O. The molecule has 1 aromatic rings. The fourth-order valence-electron chi connectivity index (χ4n) is 1.90. The molecule has 0 unspecified atom stereocenters. The Morgan fingerprint density at radius 2 is 2.05 bits per heavy atom. The molecule has 0 fully saturated rings. The third-order valence-electron chi connectivity index (χ3n) is 3.43. The quantitative estimate of drug-likeness (QED) is 0.624. The lowest BCUT2D eigenvalue weighted by molar-refractivity contribution is 0.112. The van der Waals surface area contributed by atoms with Gasteiger partial charge in [-0.3, -0.25) is 4.79 Å². The maximum Gasteiger partial charge on any atom is 0.154 e. The zero-order chi connectivity index (χ0) is 15.3. The summed E-state index contributed by atoms with van der Waals surface area (Å²) in [5, 5.41) is 19.6. The van der Waals surface area contributed by atoms with Crippen LogP contribution in [0.1, 0.15) is 48.7 Å². The third kappa shape index (κ3) is 3.73. The highest BCUT2D eigenvalue weighted by Gasteiger charge is 2.12. The molecule has 1 atom stereocenters. The van der Waals surface area contributed by atoms with Crippen molar-refractivity contribution in [2.45, 2.75) is 34.1 Å². The number of carbonyl (C=O) groups excluding carboxylic acids is 1. The van der Waals surface area contributed by atoms with Crippen LogP contribution in [-0.4, -0.2) is 16.5 Å².